The second-order valence-electron chi connectivity index (χ2n) is 3.89. The lowest BCUT2D eigenvalue weighted by Crippen LogP contribution is -1.97. The fourth-order valence-corrected chi connectivity index (χ4v) is 3.31. The van der Waals surface area contributed by atoms with Gasteiger partial charge in [0, 0.05) is 9.52 Å². The molecule has 1 aliphatic carbocycles. The molecule has 1 saturated carbocycles. The van der Waals surface area contributed by atoms with Gasteiger partial charge in [0.25, 0.3) is 0 Å². The molecule has 0 aromatic heterocycles. The van der Waals surface area contributed by atoms with Crippen molar-refractivity contribution in [2.45, 2.75) is 51.1 Å². The average molecular weight is 156 g/mol. The molecule has 1 rings (SSSR count). The standard InChI is InChI=1S/C9H20Si/c1-8-4-3-5-9(10-2)7-6-8/h8-9H,3-7,10H2,1-2H3. The maximum Gasteiger partial charge on any atom is 0.0201 e. The molecule has 0 nitrogen and oxygen atoms in total. The molecule has 0 aromatic rings. The zero-order valence-electron chi connectivity index (χ0n) is 7.40. The van der Waals surface area contributed by atoms with Gasteiger partial charge >= 0.3 is 0 Å². The maximum atomic E-state index is 2.47. The minimum atomic E-state index is 0.323. The SMILES string of the molecule is C[SiH2]C1CCCC(C)CC1. The third kappa shape index (κ3) is 2.45. The summed E-state index contributed by atoms with van der Waals surface area (Å²) in [5, 5.41) is 0. The van der Waals surface area contributed by atoms with Crippen LogP contribution in [-0.4, -0.2) is 9.52 Å². The molecule has 0 aromatic carbocycles. The Bertz CT molecular complexity index is 90.7. The quantitative estimate of drug-likeness (QED) is 0.404. The Morgan fingerprint density at radius 2 is 1.90 bits per heavy atom. The first-order valence-electron chi connectivity index (χ1n) is 4.83. The molecule has 0 aliphatic heterocycles. The summed E-state index contributed by atoms with van der Waals surface area (Å²) in [4.78, 5) is 0. The Labute approximate surface area is 67.2 Å². The Hall–Kier alpha value is 0.217. The van der Waals surface area contributed by atoms with Crippen LogP contribution in [0.25, 0.3) is 0 Å². The predicted octanol–water partition coefficient (Wildman–Crippen LogP) is 2.59. The lowest BCUT2D eigenvalue weighted by atomic mass is 10.0. The lowest BCUT2D eigenvalue weighted by Gasteiger charge is -2.09. The van der Waals surface area contributed by atoms with Crippen LogP contribution in [0.1, 0.15) is 39.0 Å². The van der Waals surface area contributed by atoms with Crippen molar-refractivity contribution < 1.29 is 0 Å². The number of hydrogen-bond acceptors (Lipinski definition) is 0. The summed E-state index contributed by atoms with van der Waals surface area (Å²) in [6.07, 6.45) is 7.67. The third-order valence-electron chi connectivity index (χ3n) is 2.95. The number of rotatable bonds is 1. The molecular formula is C9H20Si. The smallest absolute Gasteiger partial charge is 0.0201 e. The molecular weight excluding hydrogens is 136 g/mol. The van der Waals surface area contributed by atoms with Crippen LogP contribution in [-0.2, 0) is 0 Å². The third-order valence-corrected chi connectivity index (χ3v) is 4.93. The van der Waals surface area contributed by atoms with Crippen molar-refractivity contribution in [3.8, 4) is 0 Å². The summed E-state index contributed by atoms with van der Waals surface area (Å²) in [7, 11) is 0.323. The molecule has 2 unspecified atom stereocenters. The van der Waals surface area contributed by atoms with Gasteiger partial charge in [-0.2, -0.15) is 0 Å². The topological polar surface area (TPSA) is 0 Å². The minimum absolute atomic E-state index is 0.323. The van der Waals surface area contributed by atoms with Gasteiger partial charge in [0.05, 0.1) is 0 Å². The summed E-state index contributed by atoms with van der Waals surface area (Å²) in [6, 6.07) is 0. The van der Waals surface area contributed by atoms with E-state index in [0.29, 0.717) is 9.52 Å². The van der Waals surface area contributed by atoms with E-state index in [-0.39, 0.29) is 0 Å². The first kappa shape index (κ1) is 8.31. The van der Waals surface area contributed by atoms with Crippen molar-refractivity contribution in [1.82, 2.24) is 0 Å². The highest BCUT2D eigenvalue weighted by atomic mass is 28.2. The van der Waals surface area contributed by atoms with Crippen LogP contribution in [0.2, 0.25) is 12.1 Å². The molecule has 0 bridgehead atoms. The Balaban J connectivity index is 2.26. The van der Waals surface area contributed by atoms with Gasteiger partial charge in [0.15, 0.2) is 0 Å². The zero-order chi connectivity index (χ0) is 7.40. The van der Waals surface area contributed by atoms with Crippen LogP contribution in [0.5, 0.6) is 0 Å². The van der Waals surface area contributed by atoms with E-state index in [1.807, 2.05) is 0 Å². The largest absolute Gasteiger partial charge is 0.0746 e. The van der Waals surface area contributed by atoms with Crippen molar-refractivity contribution >= 4 is 9.52 Å². The van der Waals surface area contributed by atoms with Gasteiger partial charge in [-0.05, 0) is 5.92 Å². The van der Waals surface area contributed by atoms with Gasteiger partial charge in [-0.25, -0.2) is 0 Å². The molecule has 2 atom stereocenters. The molecule has 0 heterocycles. The molecule has 60 valence electrons. The van der Waals surface area contributed by atoms with E-state index < -0.39 is 0 Å². The monoisotopic (exact) mass is 156 g/mol. The summed E-state index contributed by atoms with van der Waals surface area (Å²) in [5.41, 5.74) is 1.20. The molecule has 0 saturated heterocycles. The van der Waals surface area contributed by atoms with E-state index >= 15 is 0 Å². The Kier molecular flexibility index (Phi) is 3.47. The van der Waals surface area contributed by atoms with Gasteiger partial charge in [-0.15, -0.1) is 0 Å². The Morgan fingerprint density at radius 3 is 2.60 bits per heavy atom. The number of hydrogen-bond donors (Lipinski definition) is 0. The lowest BCUT2D eigenvalue weighted by molar-refractivity contribution is 0.504. The van der Waals surface area contributed by atoms with Crippen molar-refractivity contribution in [2.75, 3.05) is 0 Å². The van der Waals surface area contributed by atoms with E-state index in [1.165, 1.54) is 24.8 Å². The van der Waals surface area contributed by atoms with E-state index in [4.69, 9.17) is 0 Å². The fourth-order valence-electron chi connectivity index (χ4n) is 1.97. The van der Waals surface area contributed by atoms with Gasteiger partial charge in [-0.3, -0.25) is 0 Å². The highest BCUT2D eigenvalue weighted by molar-refractivity contribution is 6.35. The van der Waals surface area contributed by atoms with Gasteiger partial charge in [0.2, 0.25) is 0 Å². The summed E-state index contributed by atoms with van der Waals surface area (Å²) in [6.45, 7) is 4.89. The van der Waals surface area contributed by atoms with Crippen LogP contribution in [0.15, 0.2) is 0 Å². The highest BCUT2D eigenvalue weighted by Crippen LogP contribution is 2.29. The maximum absolute atomic E-state index is 2.47. The van der Waals surface area contributed by atoms with Crippen molar-refractivity contribution in [1.29, 1.82) is 0 Å². The normalized spacial score (nSPS) is 36.6. The van der Waals surface area contributed by atoms with Crippen molar-refractivity contribution in [3.63, 3.8) is 0 Å². The summed E-state index contributed by atoms with van der Waals surface area (Å²) in [5.74, 6) is 1.03. The van der Waals surface area contributed by atoms with Gasteiger partial charge in [0.1, 0.15) is 0 Å². The fraction of sp³-hybridized carbons (Fsp3) is 1.00. The first-order chi connectivity index (χ1) is 4.83. The molecule has 0 N–H and O–H groups in total. The Morgan fingerprint density at radius 1 is 1.10 bits per heavy atom. The van der Waals surface area contributed by atoms with Crippen LogP contribution in [0.3, 0.4) is 0 Å². The van der Waals surface area contributed by atoms with E-state index in [9.17, 15) is 0 Å². The van der Waals surface area contributed by atoms with Crippen LogP contribution < -0.4 is 0 Å². The average Bonchev–Trinajstić information content (AvgIpc) is 2.14. The van der Waals surface area contributed by atoms with E-state index in [0.717, 1.165) is 5.92 Å². The molecule has 0 spiro atoms. The second kappa shape index (κ2) is 4.17. The van der Waals surface area contributed by atoms with Crippen LogP contribution in [0, 0.1) is 5.92 Å². The van der Waals surface area contributed by atoms with Crippen molar-refractivity contribution in [2.24, 2.45) is 5.92 Å². The molecule has 1 heteroatoms. The van der Waals surface area contributed by atoms with E-state index in [1.54, 1.807) is 12.8 Å². The van der Waals surface area contributed by atoms with Crippen molar-refractivity contribution in [3.05, 3.63) is 0 Å². The first-order valence-corrected chi connectivity index (χ1v) is 7.06. The summed E-state index contributed by atoms with van der Waals surface area (Å²) < 4.78 is 0. The minimum Gasteiger partial charge on any atom is -0.0746 e. The second-order valence-corrected chi connectivity index (χ2v) is 5.86. The molecule has 10 heavy (non-hydrogen) atoms. The highest BCUT2D eigenvalue weighted by Gasteiger charge is 2.13. The predicted molar refractivity (Wildman–Crippen MR) is 50.4 cm³/mol. The van der Waals surface area contributed by atoms with Gasteiger partial charge in [-0.1, -0.05) is 51.1 Å². The van der Waals surface area contributed by atoms with Gasteiger partial charge < -0.3 is 0 Å². The van der Waals surface area contributed by atoms with Crippen LogP contribution >= 0.6 is 0 Å². The summed E-state index contributed by atoms with van der Waals surface area (Å²) >= 11 is 0. The molecule has 1 aliphatic rings. The van der Waals surface area contributed by atoms with E-state index in [2.05, 4.69) is 13.5 Å². The van der Waals surface area contributed by atoms with Crippen LogP contribution in [0.4, 0.5) is 0 Å². The molecule has 0 amide bonds. The molecule has 0 radical (unpaired) electrons. The molecule has 1 fully saturated rings. The zero-order valence-corrected chi connectivity index (χ0v) is 8.81.